The van der Waals surface area contributed by atoms with Crippen molar-refractivity contribution < 1.29 is 12.9 Å². The third-order valence-corrected chi connectivity index (χ3v) is 6.47. The summed E-state index contributed by atoms with van der Waals surface area (Å²) >= 11 is 0. The molecule has 26 heavy (non-hydrogen) atoms. The van der Waals surface area contributed by atoms with Crippen molar-refractivity contribution in [2.45, 2.75) is 32.6 Å². The molecule has 0 bridgehead atoms. The number of benzene rings is 2. The molecule has 0 spiro atoms. The molecule has 0 N–H and O–H groups in total. The predicted octanol–water partition coefficient (Wildman–Crippen LogP) is 4.40. The largest absolute Gasteiger partial charge is 0.361 e. The maximum atomic E-state index is 13.2. The molecule has 6 heteroatoms. The van der Waals surface area contributed by atoms with E-state index in [1.807, 2.05) is 45.0 Å². The number of sulfonamides is 1. The molecule has 1 aromatic heterocycles. The van der Waals surface area contributed by atoms with Crippen LogP contribution in [-0.4, -0.2) is 20.6 Å². The fraction of sp³-hybridized carbons (Fsp3) is 0.250. The molecular formula is C20H22N2O3S. The van der Waals surface area contributed by atoms with Crippen molar-refractivity contribution in [3.63, 3.8) is 0 Å². The van der Waals surface area contributed by atoms with Gasteiger partial charge < -0.3 is 4.52 Å². The zero-order valence-corrected chi connectivity index (χ0v) is 16.4. The van der Waals surface area contributed by atoms with Gasteiger partial charge in [-0.15, -0.1) is 0 Å². The summed E-state index contributed by atoms with van der Waals surface area (Å²) in [5.74, 6) is 0.668. The van der Waals surface area contributed by atoms with Crippen molar-refractivity contribution in [3.8, 4) is 11.1 Å². The first kappa shape index (κ1) is 18.2. The molecule has 3 aromatic rings. The minimum atomic E-state index is -3.69. The van der Waals surface area contributed by atoms with Crippen molar-refractivity contribution in [1.82, 2.24) is 5.16 Å². The highest BCUT2D eigenvalue weighted by atomic mass is 32.2. The maximum absolute atomic E-state index is 13.2. The number of aromatic nitrogens is 1. The van der Waals surface area contributed by atoms with Crippen LogP contribution in [0.15, 0.2) is 51.9 Å². The minimum absolute atomic E-state index is 0.276. The second-order valence-electron chi connectivity index (χ2n) is 6.49. The minimum Gasteiger partial charge on any atom is -0.361 e. The topological polar surface area (TPSA) is 63.4 Å². The zero-order valence-electron chi connectivity index (χ0n) is 15.6. The number of rotatable bonds is 4. The van der Waals surface area contributed by atoms with E-state index in [1.165, 1.54) is 4.31 Å². The molecule has 3 rings (SSSR count). The van der Waals surface area contributed by atoms with E-state index in [2.05, 4.69) is 5.16 Å². The quantitative estimate of drug-likeness (QED) is 0.683. The van der Waals surface area contributed by atoms with E-state index >= 15 is 0 Å². The van der Waals surface area contributed by atoms with Crippen molar-refractivity contribution >= 4 is 15.7 Å². The van der Waals surface area contributed by atoms with Crippen molar-refractivity contribution in [1.29, 1.82) is 0 Å². The van der Waals surface area contributed by atoms with Gasteiger partial charge in [0.25, 0.3) is 10.0 Å². The highest BCUT2D eigenvalue weighted by Crippen LogP contribution is 2.32. The third-order valence-electron chi connectivity index (χ3n) is 4.55. The van der Waals surface area contributed by atoms with Crippen LogP contribution in [0.2, 0.25) is 0 Å². The van der Waals surface area contributed by atoms with Gasteiger partial charge in [-0.3, -0.25) is 4.31 Å². The summed E-state index contributed by atoms with van der Waals surface area (Å²) in [5, 5.41) is 3.96. The fourth-order valence-corrected chi connectivity index (χ4v) is 4.41. The van der Waals surface area contributed by atoms with Gasteiger partial charge in [0.15, 0.2) is 0 Å². The Bertz CT molecular complexity index is 1030. The molecule has 0 saturated heterocycles. The molecule has 0 amide bonds. The van der Waals surface area contributed by atoms with E-state index in [1.54, 1.807) is 32.2 Å². The Labute approximate surface area is 154 Å². The van der Waals surface area contributed by atoms with Crippen LogP contribution in [-0.2, 0) is 10.0 Å². The lowest BCUT2D eigenvalue weighted by Gasteiger charge is -2.21. The van der Waals surface area contributed by atoms with Gasteiger partial charge in [0.1, 0.15) is 5.76 Å². The molecule has 0 aliphatic heterocycles. The van der Waals surface area contributed by atoms with E-state index in [4.69, 9.17) is 4.52 Å². The Balaban J connectivity index is 2.10. The lowest BCUT2D eigenvalue weighted by atomic mass is 10.0. The SMILES string of the molecule is Cc1ccc(N(C)S(=O)(=O)c2cc(-c3c(C)noc3C)ccc2C)cc1. The van der Waals surface area contributed by atoms with Crippen molar-refractivity contribution in [3.05, 3.63) is 65.0 Å². The van der Waals surface area contributed by atoms with Crippen LogP contribution in [0.25, 0.3) is 11.1 Å². The van der Waals surface area contributed by atoms with E-state index in [0.29, 0.717) is 17.0 Å². The van der Waals surface area contributed by atoms with Crippen LogP contribution >= 0.6 is 0 Å². The average Bonchev–Trinajstić information content (AvgIpc) is 2.94. The van der Waals surface area contributed by atoms with Crippen LogP contribution in [0, 0.1) is 27.7 Å². The summed E-state index contributed by atoms with van der Waals surface area (Å²) in [6.07, 6.45) is 0. The second-order valence-corrected chi connectivity index (χ2v) is 8.43. The summed E-state index contributed by atoms with van der Waals surface area (Å²) in [6.45, 7) is 7.43. The van der Waals surface area contributed by atoms with Crippen molar-refractivity contribution in [2.75, 3.05) is 11.4 Å². The number of aryl methyl sites for hydroxylation is 4. The smallest absolute Gasteiger partial charge is 0.264 e. The molecule has 0 unspecified atom stereocenters. The van der Waals surface area contributed by atoms with Gasteiger partial charge in [-0.05, 0) is 57.0 Å². The summed E-state index contributed by atoms with van der Waals surface area (Å²) < 4.78 is 33.0. The van der Waals surface area contributed by atoms with Gasteiger partial charge in [0.2, 0.25) is 0 Å². The van der Waals surface area contributed by atoms with Gasteiger partial charge in [-0.25, -0.2) is 8.42 Å². The number of nitrogens with zero attached hydrogens (tertiary/aromatic N) is 2. The van der Waals surface area contributed by atoms with Crippen LogP contribution in [0.5, 0.6) is 0 Å². The molecule has 136 valence electrons. The Kier molecular flexibility index (Phi) is 4.63. The Morgan fingerprint density at radius 3 is 2.19 bits per heavy atom. The predicted molar refractivity (Wildman–Crippen MR) is 103 cm³/mol. The summed E-state index contributed by atoms with van der Waals surface area (Å²) in [5.41, 5.74) is 4.75. The highest BCUT2D eigenvalue weighted by molar-refractivity contribution is 7.92. The first-order chi connectivity index (χ1) is 12.2. The van der Waals surface area contributed by atoms with E-state index < -0.39 is 10.0 Å². The molecule has 0 aliphatic carbocycles. The van der Waals surface area contributed by atoms with E-state index in [-0.39, 0.29) is 4.90 Å². The normalized spacial score (nSPS) is 11.6. The lowest BCUT2D eigenvalue weighted by molar-refractivity contribution is 0.393. The zero-order chi connectivity index (χ0) is 19.1. The molecule has 2 aromatic carbocycles. The van der Waals surface area contributed by atoms with E-state index in [9.17, 15) is 8.42 Å². The fourth-order valence-electron chi connectivity index (χ4n) is 2.97. The van der Waals surface area contributed by atoms with Crippen LogP contribution < -0.4 is 4.31 Å². The maximum Gasteiger partial charge on any atom is 0.264 e. The molecule has 0 saturated carbocycles. The molecule has 0 radical (unpaired) electrons. The Morgan fingerprint density at radius 2 is 1.62 bits per heavy atom. The number of hydrogen-bond acceptors (Lipinski definition) is 4. The van der Waals surface area contributed by atoms with Crippen LogP contribution in [0.3, 0.4) is 0 Å². The number of hydrogen-bond donors (Lipinski definition) is 0. The first-order valence-electron chi connectivity index (χ1n) is 8.31. The molecule has 1 heterocycles. The van der Waals surface area contributed by atoms with Crippen LogP contribution in [0.4, 0.5) is 5.69 Å². The van der Waals surface area contributed by atoms with E-state index in [0.717, 1.165) is 22.4 Å². The first-order valence-corrected chi connectivity index (χ1v) is 9.75. The Morgan fingerprint density at radius 1 is 0.962 bits per heavy atom. The Hall–Kier alpha value is -2.60. The third kappa shape index (κ3) is 3.12. The molecule has 0 aliphatic rings. The van der Waals surface area contributed by atoms with Crippen molar-refractivity contribution in [2.24, 2.45) is 0 Å². The summed E-state index contributed by atoms with van der Waals surface area (Å²) in [7, 11) is -2.12. The molecule has 0 fully saturated rings. The summed E-state index contributed by atoms with van der Waals surface area (Å²) in [6, 6.07) is 12.8. The van der Waals surface area contributed by atoms with Gasteiger partial charge in [-0.2, -0.15) is 0 Å². The van der Waals surface area contributed by atoms with Gasteiger partial charge >= 0.3 is 0 Å². The highest BCUT2D eigenvalue weighted by Gasteiger charge is 2.24. The molecular weight excluding hydrogens is 348 g/mol. The van der Waals surface area contributed by atoms with Gasteiger partial charge in [-0.1, -0.05) is 35.0 Å². The lowest BCUT2D eigenvalue weighted by Crippen LogP contribution is -2.27. The summed E-state index contributed by atoms with van der Waals surface area (Å²) in [4.78, 5) is 0.276. The van der Waals surface area contributed by atoms with Gasteiger partial charge in [0.05, 0.1) is 16.3 Å². The monoisotopic (exact) mass is 370 g/mol. The molecule has 5 nitrogen and oxygen atoms in total. The number of anilines is 1. The van der Waals surface area contributed by atoms with Crippen LogP contribution in [0.1, 0.15) is 22.6 Å². The average molecular weight is 370 g/mol. The standard InChI is InChI=1S/C20H22N2O3S/c1-13-6-10-18(11-7-13)22(5)26(23,24)19-12-17(9-8-14(19)2)20-15(3)21-25-16(20)4/h6-12H,1-5H3. The second kappa shape index (κ2) is 6.61. The molecule has 0 atom stereocenters. The van der Waals surface area contributed by atoms with Gasteiger partial charge in [0, 0.05) is 12.6 Å².